The van der Waals surface area contributed by atoms with E-state index in [9.17, 15) is 4.79 Å². The summed E-state index contributed by atoms with van der Waals surface area (Å²) in [5.74, 6) is 0. The molecule has 0 unspecified atom stereocenters. The van der Waals surface area contributed by atoms with E-state index in [1.807, 2.05) is 18.2 Å². The van der Waals surface area contributed by atoms with Gasteiger partial charge in [-0.2, -0.15) is 0 Å². The Hall–Kier alpha value is -5.74. The van der Waals surface area contributed by atoms with Gasteiger partial charge < -0.3 is 0 Å². The van der Waals surface area contributed by atoms with Crippen molar-refractivity contribution >= 4 is 0 Å². The average Bonchev–Trinajstić information content (AvgIpc) is 3.49. The van der Waals surface area contributed by atoms with Gasteiger partial charge in [0.1, 0.15) is 18.4 Å². The molecule has 0 bridgehead atoms. The number of pyridine rings is 1. The Kier molecular flexibility index (Phi) is 7.78. The summed E-state index contributed by atoms with van der Waals surface area (Å²) in [4.78, 5) is 12.4. The van der Waals surface area contributed by atoms with Crippen molar-refractivity contribution in [1.82, 2.24) is 9.13 Å². The van der Waals surface area contributed by atoms with Crippen molar-refractivity contribution in [1.29, 1.82) is 0 Å². The molecule has 0 saturated carbocycles. The summed E-state index contributed by atoms with van der Waals surface area (Å²) in [6.07, 6.45) is 7.18. The molecule has 218 valence electrons. The topological polar surface area (TPSA) is 30.8 Å². The third-order valence-electron chi connectivity index (χ3n) is 8.50. The lowest BCUT2D eigenvalue weighted by Gasteiger charge is -2.32. The molecule has 0 amide bonds. The summed E-state index contributed by atoms with van der Waals surface area (Å²) < 4.78 is 6.42. The second-order valence-corrected chi connectivity index (χ2v) is 11.3. The van der Waals surface area contributed by atoms with Gasteiger partial charge in [0.05, 0.1) is 0 Å². The lowest BCUT2D eigenvalue weighted by atomic mass is 9.77. The second kappa shape index (κ2) is 12.5. The number of imidazole rings is 1. The van der Waals surface area contributed by atoms with Crippen LogP contribution in [0.15, 0.2) is 187 Å². The summed E-state index contributed by atoms with van der Waals surface area (Å²) in [5.41, 5.74) is 7.40. The van der Waals surface area contributed by atoms with Crippen LogP contribution in [-0.2, 0) is 18.5 Å². The number of hydrogen-bond donors (Lipinski definition) is 0. The molecule has 4 nitrogen and oxygen atoms in total. The van der Waals surface area contributed by atoms with Crippen molar-refractivity contribution in [2.75, 3.05) is 0 Å². The van der Waals surface area contributed by atoms with Crippen molar-refractivity contribution in [3.8, 4) is 5.69 Å². The second-order valence-electron chi connectivity index (χ2n) is 11.3. The first-order valence-electron chi connectivity index (χ1n) is 15.3. The first-order valence-corrected chi connectivity index (χ1v) is 15.3. The maximum Gasteiger partial charge on any atom is 0.255 e. The quantitative estimate of drug-likeness (QED) is 0.128. The van der Waals surface area contributed by atoms with Crippen molar-refractivity contribution in [2.45, 2.75) is 18.5 Å². The monoisotopic (exact) mass is 584 g/mol. The molecule has 5 aromatic carbocycles. The van der Waals surface area contributed by atoms with Gasteiger partial charge in [-0.15, -0.1) is 0 Å². The summed E-state index contributed by atoms with van der Waals surface area (Å²) in [6, 6.07) is 56.5. The van der Waals surface area contributed by atoms with Gasteiger partial charge in [-0.05, 0) is 29.3 Å². The van der Waals surface area contributed by atoms with Gasteiger partial charge in [-0.25, -0.2) is 9.13 Å². The third-order valence-corrected chi connectivity index (χ3v) is 8.50. The van der Waals surface area contributed by atoms with Gasteiger partial charge >= 0.3 is 0 Å². The smallest absolute Gasteiger partial charge is 0.255 e. The zero-order chi connectivity index (χ0) is 30.5. The molecule has 0 aliphatic rings. The molecular weight excluding hydrogens is 550 g/mol. The maximum atomic E-state index is 12.4. The van der Waals surface area contributed by atoms with Crippen LogP contribution in [0.3, 0.4) is 0 Å². The fourth-order valence-electron chi connectivity index (χ4n) is 6.35. The highest BCUT2D eigenvalue weighted by atomic mass is 16.1. The molecular formula is C41H34N3O+. The van der Waals surface area contributed by atoms with Gasteiger partial charge in [-0.1, -0.05) is 140 Å². The zero-order valence-corrected chi connectivity index (χ0v) is 25.0. The minimum Gasteiger partial charge on any atom is -0.284 e. The Bertz CT molecular complexity index is 1950. The van der Waals surface area contributed by atoms with Crippen molar-refractivity contribution in [2.24, 2.45) is 0 Å². The van der Waals surface area contributed by atoms with E-state index >= 15 is 0 Å². The van der Waals surface area contributed by atoms with Crippen molar-refractivity contribution in [3.63, 3.8) is 0 Å². The van der Waals surface area contributed by atoms with Crippen LogP contribution in [0.5, 0.6) is 0 Å². The van der Waals surface area contributed by atoms with E-state index < -0.39 is 5.54 Å². The molecule has 0 N–H and O–H groups in total. The first-order chi connectivity index (χ1) is 22.2. The molecule has 7 rings (SSSR count). The Morgan fingerprint density at radius 3 is 1.58 bits per heavy atom. The van der Waals surface area contributed by atoms with E-state index in [0.29, 0.717) is 6.54 Å². The maximum absolute atomic E-state index is 12.4. The Balaban J connectivity index is 1.39. The predicted octanol–water partition coefficient (Wildman–Crippen LogP) is 7.41. The number of nitrogens with zero attached hydrogens (tertiary/aromatic N) is 3. The fraction of sp³-hybridized carbons (Fsp3) is 0.0732. The van der Waals surface area contributed by atoms with Gasteiger partial charge in [0.15, 0.2) is 5.54 Å². The lowest BCUT2D eigenvalue weighted by Crippen LogP contribution is -2.57. The minimum absolute atomic E-state index is 0.0408. The molecule has 0 radical (unpaired) electrons. The van der Waals surface area contributed by atoms with E-state index in [2.05, 4.69) is 155 Å². The lowest BCUT2D eigenvalue weighted by molar-refractivity contribution is -0.734. The molecule has 45 heavy (non-hydrogen) atoms. The molecule has 7 aromatic rings. The fourth-order valence-corrected chi connectivity index (χ4v) is 6.35. The molecule has 0 aliphatic heterocycles. The molecule has 0 aliphatic carbocycles. The number of aromatic nitrogens is 3. The van der Waals surface area contributed by atoms with Gasteiger partial charge in [0.25, 0.3) is 5.56 Å². The Labute approximate surface area is 263 Å². The Morgan fingerprint density at radius 2 is 1.04 bits per heavy atom. The number of hydrogen-bond acceptors (Lipinski definition) is 1. The molecule has 0 spiro atoms. The van der Waals surface area contributed by atoms with E-state index in [-0.39, 0.29) is 5.56 Å². The van der Waals surface area contributed by atoms with Gasteiger partial charge in [0, 0.05) is 41.1 Å². The normalized spacial score (nSPS) is 11.4. The first kappa shape index (κ1) is 28.1. The molecule has 2 heterocycles. The summed E-state index contributed by atoms with van der Waals surface area (Å²) in [5, 5.41) is 0. The predicted molar refractivity (Wildman–Crippen MR) is 180 cm³/mol. The molecule has 0 fully saturated rings. The average molecular weight is 585 g/mol. The number of benzene rings is 5. The number of rotatable bonds is 9. The van der Waals surface area contributed by atoms with Crippen molar-refractivity contribution < 1.29 is 4.57 Å². The van der Waals surface area contributed by atoms with E-state index in [1.54, 1.807) is 22.9 Å². The van der Waals surface area contributed by atoms with Crippen LogP contribution in [0, 0.1) is 0 Å². The van der Waals surface area contributed by atoms with Crippen LogP contribution in [-0.4, -0.2) is 9.13 Å². The van der Waals surface area contributed by atoms with Crippen LogP contribution in [0.4, 0.5) is 0 Å². The standard InChI is InChI=1S/C41H34N3O/c45-40-23-13-14-28-44(40)38-26-24-34(25-27-38)30-42-32-43(31-39(42)29-33-15-5-1-6-16-33)41(35-17-7-2-8-18-35,36-19-9-3-10-20-36)37-21-11-4-12-22-37/h1-28,31-32H,29-30H2/q+1. The largest absolute Gasteiger partial charge is 0.284 e. The third kappa shape index (κ3) is 5.54. The minimum atomic E-state index is -0.598. The summed E-state index contributed by atoms with van der Waals surface area (Å²) in [7, 11) is 0. The molecule has 2 aromatic heterocycles. The Morgan fingerprint density at radius 1 is 0.533 bits per heavy atom. The summed E-state index contributed by atoms with van der Waals surface area (Å²) in [6.45, 7) is 0.688. The zero-order valence-electron chi connectivity index (χ0n) is 25.0. The van der Waals surface area contributed by atoms with Crippen LogP contribution in [0.2, 0.25) is 0 Å². The van der Waals surface area contributed by atoms with E-state index in [1.165, 1.54) is 27.9 Å². The van der Waals surface area contributed by atoms with Crippen LogP contribution < -0.4 is 10.1 Å². The highest BCUT2D eigenvalue weighted by Gasteiger charge is 2.43. The highest BCUT2D eigenvalue weighted by Crippen LogP contribution is 2.36. The van der Waals surface area contributed by atoms with Gasteiger partial charge in [0.2, 0.25) is 6.33 Å². The van der Waals surface area contributed by atoms with Crippen LogP contribution >= 0.6 is 0 Å². The van der Waals surface area contributed by atoms with E-state index in [4.69, 9.17) is 0 Å². The molecule has 4 heteroatoms. The SMILES string of the molecule is O=c1ccccn1-c1ccc(Cn2c[n+](C(c3ccccc3)(c3ccccc3)c3ccccc3)cc2Cc2ccccc2)cc1. The van der Waals surface area contributed by atoms with Crippen LogP contribution in [0.1, 0.15) is 33.5 Å². The summed E-state index contributed by atoms with van der Waals surface area (Å²) >= 11 is 0. The van der Waals surface area contributed by atoms with Gasteiger partial charge in [-0.3, -0.25) is 9.36 Å². The molecule has 0 atom stereocenters. The molecule has 0 saturated heterocycles. The van der Waals surface area contributed by atoms with Crippen molar-refractivity contribution in [3.05, 3.63) is 226 Å². The highest BCUT2D eigenvalue weighted by molar-refractivity contribution is 5.47. The van der Waals surface area contributed by atoms with E-state index in [0.717, 1.165) is 17.7 Å². The van der Waals surface area contributed by atoms with Crippen LogP contribution in [0.25, 0.3) is 5.69 Å².